The van der Waals surface area contributed by atoms with E-state index in [1.54, 1.807) is 6.20 Å². The van der Waals surface area contributed by atoms with Gasteiger partial charge in [-0.05, 0) is 19.9 Å². The van der Waals surface area contributed by atoms with Gasteiger partial charge in [0, 0.05) is 12.4 Å². The number of amides is 1. The van der Waals surface area contributed by atoms with Gasteiger partial charge in [0.1, 0.15) is 0 Å². The van der Waals surface area contributed by atoms with Crippen molar-refractivity contribution >= 4 is 12.0 Å². The highest BCUT2D eigenvalue weighted by molar-refractivity contribution is 5.96. The first-order valence-corrected chi connectivity index (χ1v) is 4.41. The molecular formula is C10H11N3O. The molecule has 1 aliphatic rings. The number of nitrogens with zero attached hydrogens (tertiary/aromatic N) is 2. The lowest BCUT2D eigenvalue weighted by Crippen LogP contribution is -2.41. The van der Waals surface area contributed by atoms with Gasteiger partial charge in [-0.3, -0.25) is 9.78 Å². The van der Waals surface area contributed by atoms with Gasteiger partial charge in [0.25, 0.3) is 5.91 Å². The Bertz CT molecular complexity index is 410. The first kappa shape index (κ1) is 8.87. The summed E-state index contributed by atoms with van der Waals surface area (Å²) in [6.45, 7) is 3.85. The van der Waals surface area contributed by atoms with Crippen molar-refractivity contribution in [3.8, 4) is 0 Å². The number of aromatic nitrogens is 2. The van der Waals surface area contributed by atoms with E-state index in [1.807, 2.05) is 26.0 Å². The molecule has 0 fully saturated rings. The number of fused-ring (bicyclic) bond motifs is 1. The summed E-state index contributed by atoms with van der Waals surface area (Å²) in [6, 6.07) is 0. The highest BCUT2D eigenvalue weighted by Gasteiger charge is 2.24. The molecule has 0 radical (unpaired) electrons. The predicted octanol–water partition coefficient (Wildman–Crippen LogP) is 1.01. The molecule has 1 N–H and O–H groups in total. The molecule has 1 amide bonds. The highest BCUT2D eigenvalue weighted by Crippen LogP contribution is 2.15. The van der Waals surface area contributed by atoms with Gasteiger partial charge in [0.2, 0.25) is 0 Å². The van der Waals surface area contributed by atoms with Gasteiger partial charge >= 0.3 is 0 Å². The van der Waals surface area contributed by atoms with Gasteiger partial charge in [-0.25, -0.2) is 4.98 Å². The van der Waals surface area contributed by atoms with Crippen molar-refractivity contribution in [2.24, 2.45) is 0 Å². The van der Waals surface area contributed by atoms with E-state index in [1.165, 1.54) is 6.20 Å². The maximum atomic E-state index is 11.7. The van der Waals surface area contributed by atoms with E-state index in [0.29, 0.717) is 11.4 Å². The summed E-state index contributed by atoms with van der Waals surface area (Å²) in [4.78, 5) is 19.8. The largest absolute Gasteiger partial charge is 0.342 e. The van der Waals surface area contributed by atoms with Gasteiger partial charge < -0.3 is 5.32 Å². The van der Waals surface area contributed by atoms with Gasteiger partial charge in [-0.1, -0.05) is 6.08 Å². The van der Waals surface area contributed by atoms with E-state index in [4.69, 9.17) is 0 Å². The van der Waals surface area contributed by atoms with Gasteiger partial charge in [0.05, 0.1) is 11.2 Å². The average Bonchev–Trinajstić information content (AvgIpc) is 2.24. The summed E-state index contributed by atoms with van der Waals surface area (Å²) in [6.07, 6.45) is 6.82. The number of rotatable bonds is 0. The number of hydrogen-bond acceptors (Lipinski definition) is 3. The molecule has 1 aliphatic heterocycles. The van der Waals surface area contributed by atoms with Crippen LogP contribution >= 0.6 is 0 Å². The molecule has 4 nitrogen and oxygen atoms in total. The van der Waals surface area contributed by atoms with E-state index in [9.17, 15) is 4.79 Å². The lowest BCUT2D eigenvalue weighted by Gasteiger charge is -2.19. The number of carbonyl (C=O) groups excluding carboxylic acids is 1. The summed E-state index contributed by atoms with van der Waals surface area (Å²) >= 11 is 0. The molecule has 0 aromatic carbocycles. The third-order valence-corrected chi connectivity index (χ3v) is 2.04. The minimum absolute atomic E-state index is 0.178. The fraction of sp³-hybridized carbons (Fsp3) is 0.300. The molecule has 0 saturated heterocycles. The van der Waals surface area contributed by atoms with E-state index in [0.717, 1.165) is 0 Å². The summed E-state index contributed by atoms with van der Waals surface area (Å²) in [7, 11) is 0. The van der Waals surface area contributed by atoms with Gasteiger partial charge in [0.15, 0.2) is 5.69 Å². The lowest BCUT2D eigenvalue weighted by molar-refractivity contribution is 0.0923. The lowest BCUT2D eigenvalue weighted by atomic mass is 10.1. The molecule has 14 heavy (non-hydrogen) atoms. The Kier molecular flexibility index (Phi) is 1.84. The molecule has 0 unspecified atom stereocenters. The summed E-state index contributed by atoms with van der Waals surface area (Å²) in [5, 5.41) is 2.85. The van der Waals surface area contributed by atoms with E-state index in [-0.39, 0.29) is 11.4 Å². The Balaban J connectivity index is 2.52. The Morgan fingerprint density at radius 2 is 2.00 bits per heavy atom. The third kappa shape index (κ3) is 1.51. The highest BCUT2D eigenvalue weighted by atomic mass is 16.2. The average molecular weight is 189 g/mol. The van der Waals surface area contributed by atoms with Crippen LogP contribution in [0.25, 0.3) is 6.08 Å². The molecule has 4 heteroatoms. The van der Waals surface area contributed by atoms with Crippen molar-refractivity contribution in [3.63, 3.8) is 0 Å². The zero-order valence-corrected chi connectivity index (χ0v) is 8.11. The van der Waals surface area contributed by atoms with Crippen LogP contribution in [0.15, 0.2) is 18.5 Å². The quantitative estimate of drug-likeness (QED) is 0.662. The fourth-order valence-corrected chi connectivity index (χ4v) is 1.33. The number of carbonyl (C=O) groups is 1. The monoisotopic (exact) mass is 189 g/mol. The molecule has 0 atom stereocenters. The van der Waals surface area contributed by atoms with Crippen LogP contribution in [0.4, 0.5) is 0 Å². The van der Waals surface area contributed by atoms with E-state index in [2.05, 4.69) is 15.3 Å². The van der Waals surface area contributed by atoms with Crippen LogP contribution in [-0.2, 0) is 0 Å². The second-order valence-corrected chi connectivity index (χ2v) is 3.80. The van der Waals surface area contributed by atoms with Crippen LogP contribution in [0.2, 0.25) is 0 Å². The standard InChI is InChI=1S/C10H11N3O/c1-10(2)4-3-7-8(9(14)13-10)12-6-5-11-7/h3-6H,1-2H3,(H,13,14). The maximum absolute atomic E-state index is 11.7. The molecule has 2 rings (SSSR count). The van der Waals surface area contributed by atoms with Crippen LogP contribution < -0.4 is 5.32 Å². The summed E-state index contributed by atoms with van der Waals surface area (Å²) in [5.74, 6) is -0.178. The maximum Gasteiger partial charge on any atom is 0.272 e. The van der Waals surface area contributed by atoms with Gasteiger partial charge in [-0.2, -0.15) is 0 Å². The summed E-state index contributed by atoms with van der Waals surface area (Å²) < 4.78 is 0. The number of hydrogen-bond donors (Lipinski definition) is 1. The van der Waals surface area contributed by atoms with Crippen molar-refractivity contribution in [1.82, 2.24) is 15.3 Å². The number of nitrogens with one attached hydrogen (secondary N) is 1. The third-order valence-electron chi connectivity index (χ3n) is 2.04. The first-order valence-electron chi connectivity index (χ1n) is 4.41. The Hall–Kier alpha value is -1.71. The van der Waals surface area contributed by atoms with Crippen molar-refractivity contribution in [2.45, 2.75) is 19.4 Å². The molecular weight excluding hydrogens is 178 g/mol. The first-order chi connectivity index (χ1) is 6.58. The Morgan fingerprint density at radius 1 is 1.29 bits per heavy atom. The fourth-order valence-electron chi connectivity index (χ4n) is 1.33. The minimum atomic E-state index is -0.348. The van der Waals surface area contributed by atoms with Crippen LogP contribution in [0.5, 0.6) is 0 Å². The molecule has 0 aliphatic carbocycles. The second kappa shape index (κ2) is 2.90. The zero-order valence-electron chi connectivity index (χ0n) is 8.11. The van der Waals surface area contributed by atoms with Crippen LogP contribution in [0.1, 0.15) is 30.0 Å². The van der Waals surface area contributed by atoms with Crippen LogP contribution in [0.3, 0.4) is 0 Å². The van der Waals surface area contributed by atoms with Crippen molar-refractivity contribution in [3.05, 3.63) is 29.9 Å². The Morgan fingerprint density at radius 3 is 2.79 bits per heavy atom. The second-order valence-electron chi connectivity index (χ2n) is 3.80. The van der Waals surface area contributed by atoms with Crippen LogP contribution in [-0.4, -0.2) is 21.4 Å². The normalized spacial score (nSPS) is 18.3. The molecule has 72 valence electrons. The molecule has 0 spiro atoms. The van der Waals surface area contributed by atoms with Gasteiger partial charge in [-0.15, -0.1) is 0 Å². The predicted molar refractivity (Wildman–Crippen MR) is 52.6 cm³/mol. The molecule has 0 bridgehead atoms. The molecule has 0 saturated carbocycles. The van der Waals surface area contributed by atoms with Crippen molar-refractivity contribution < 1.29 is 4.79 Å². The molecule has 1 aromatic rings. The molecule has 2 heterocycles. The Labute approximate surface area is 82.1 Å². The van der Waals surface area contributed by atoms with Crippen LogP contribution in [0, 0.1) is 0 Å². The van der Waals surface area contributed by atoms with E-state index >= 15 is 0 Å². The topological polar surface area (TPSA) is 54.9 Å². The van der Waals surface area contributed by atoms with Crippen molar-refractivity contribution in [1.29, 1.82) is 0 Å². The SMILES string of the molecule is CC1(C)C=Cc2nccnc2C(=O)N1. The summed E-state index contributed by atoms with van der Waals surface area (Å²) in [5.41, 5.74) is 0.657. The van der Waals surface area contributed by atoms with E-state index < -0.39 is 0 Å². The zero-order chi connectivity index (χ0) is 10.2. The minimum Gasteiger partial charge on any atom is -0.342 e. The smallest absolute Gasteiger partial charge is 0.272 e. The molecule has 1 aromatic heterocycles. The van der Waals surface area contributed by atoms with Crippen molar-refractivity contribution in [2.75, 3.05) is 0 Å².